The van der Waals surface area contributed by atoms with Crippen LogP contribution in [0.3, 0.4) is 0 Å². The molecule has 0 bridgehead atoms. The van der Waals surface area contributed by atoms with Crippen molar-refractivity contribution in [1.82, 2.24) is 11.0 Å². The first-order valence-corrected chi connectivity index (χ1v) is 2.95. The molecule has 3 heteroatoms. The lowest BCUT2D eigenvalue weighted by atomic mass is 10.3. The second kappa shape index (κ2) is 6.88. The molecule has 0 fully saturated rings. The van der Waals surface area contributed by atoms with Crippen LogP contribution in [-0.4, -0.2) is 6.54 Å². The Morgan fingerprint density at radius 3 is 2.88 bits per heavy atom. The van der Waals surface area contributed by atoms with Crippen LogP contribution in [0.4, 0.5) is 0 Å². The molecule has 0 saturated carbocycles. The van der Waals surface area contributed by atoms with Gasteiger partial charge in [0.05, 0.1) is 0 Å². The van der Waals surface area contributed by atoms with Crippen LogP contribution >= 0.6 is 0 Å². The van der Waals surface area contributed by atoms with E-state index >= 15 is 0 Å². The van der Waals surface area contributed by atoms with Gasteiger partial charge in [0.2, 0.25) is 0 Å². The summed E-state index contributed by atoms with van der Waals surface area (Å²) < 4.78 is 6.81. The highest BCUT2D eigenvalue weighted by Crippen LogP contribution is 1.89. The normalized spacial score (nSPS) is 12.1. The van der Waals surface area contributed by atoms with Crippen molar-refractivity contribution in [2.24, 2.45) is 0 Å². The van der Waals surface area contributed by atoms with E-state index in [-0.39, 0.29) is 0 Å². The largest absolute Gasteiger partial charge is 0.774 e. The molecule has 0 aliphatic carbocycles. The molecular weight excluding hydrogens is 104 g/mol. The van der Waals surface area contributed by atoms with Gasteiger partial charge in [-0.25, -0.2) is 0 Å². The van der Waals surface area contributed by atoms with Crippen LogP contribution in [0.5, 0.6) is 0 Å². The van der Waals surface area contributed by atoms with Crippen molar-refractivity contribution in [1.29, 1.82) is 0 Å². The highest BCUT2D eigenvalue weighted by Gasteiger charge is 1.79. The third-order valence-electron chi connectivity index (χ3n) is 0.938. The Morgan fingerprint density at radius 1 is 1.62 bits per heavy atom. The first-order chi connectivity index (χ1) is 4.31. The molecule has 3 nitrogen and oxygen atoms in total. The minimum absolute atomic E-state index is 0.511. The Morgan fingerprint density at radius 2 is 2.38 bits per heavy atom. The fourth-order valence-corrected chi connectivity index (χ4v) is 0.487. The van der Waals surface area contributed by atoms with Gasteiger partial charge < -0.3 is 10.8 Å². The van der Waals surface area contributed by atoms with E-state index in [4.69, 9.17) is 1.41 Å². The van der Waals surface area contributed by atoms with Crippen molar-refractivity contribution >= 4 is 0 Å². The molecule has 0 aromatic heterocycles. The molecule has 50 valence electrons. The lowest BCUT2D eigenvalue weighted by Crippen LogP contribution is -2.26. The Balaban J connectivity index is 2.88. The lowest BCUT2D eigenvalue weighted by molar-refractivity contribution is 0.578. The van der Waals surface area contributed by atoms with E-state index in [0.29, 0.717) is 6.54 Å². The van der Waals surface area contributed by atoms with Gasteiger partial charge in [-0.05, 0) is 6.42 Å². The lowest BCUT2D eigenvalue weighted by Gasteiger charge is -2.07. The molecule has 0 heterocycles. The smallest absolute Gasteiger partial charge is 0.140 e. The van der Waals surface area contributed by atoms with E-state index in [9.17, 15) is 5.21 Å². The summed E-state index contributed by atoms with van der Waals surface area (Å²) in [7, 11) is 0. The van der Waals surface area contributed by atoms with Gasteiger partial charge in [-0.3, -0.25) is 5.42 Å². The molecule has 0 aromatic rings. The predicted molar refractivity (Wildman–Crippen MR) is 34.0 cm³/mol. The van der Waals surface area contributed by atoms with Gasteiger partial charge in [-0.2, -0.15) is 0 Å². The van der Waals surface area contributed by atoms with E-state index in [1.807, 2.05) is 0 Å². The van der Waals surface area contributed by atoms with Crippen LogP contribution in [-0.2, 0) is 0 Å². The van der Waals surface area contributed by atoms with Crippen molar-refractivity contribution in [3.8, 4) is 0 Å². The average Bonchev–Trinajstić information content (AvgIpc) is 1.89. The van der Waals surface area contributed by atoms with E-state index in [2.05, 4.69) is 6.92 Å². The molecule has 0 rings (SSSR count). The highest BCUT2D eigenvalue weighted by molar-refractivity contribution is 4.41. The minimum atomic E-state index is 0.511. The van der Waals surface area contributed by atoms with E-state index in [1.165, 1.54) is 5.59 Å². The van der Waals surface area contributed by atoms with Gasteiger partial charge >= 0.3 is 0 Å². The van der Waals surface area contributed by atoms with E-state index in [1.54, 1.807) is 0 Å². The van der Waals surface area contributed by atoms with Crippen molar-refractivity contribution in [2.45, 2.75) is 26.2 Å². The van der Waals surface area contributed by atoms with Gasteiger partial charge in [-0.1, -0.05) is 19.8 Å². The standard InChI is InChI=1S/C5H13N2O/c1-2-3-4-5-6-7-8/h6-7H,2-5H2,1H3/q-1/i/hT. The second-order valence-electron chi connectivity index (χ2n) is 1.68. The zero-order chi connectivity index (χ0) is 7.11. The summed E-state index contributed by atoms with van der Waals surface area (Å²) in [5, 5.41) is 9.71. The summed E-state index contributed by atoms with van der Waals surface area (Å²) in [6, 6.07) is 0. The van der Waals surface area contributed by atoms with Crippen molar-refractivity contribution in [3.05, 3.63) is 5.21 Å². The Labute approximate surface area is 51.5 Å². The molecule has 2 N–H and O–H groups in total. The minimum Gasteiger partial charge on any atom is -0.774 e. The molecular formula is C5H13N2O-. The van der Waals surface area contributed by atoms with Crippen LogP contribution in [0.25, 0.3) is 0 Å². The number of hydrogen-bond donors (Lipinski definition) is 2. The van der Waals surface area contributed by atoms with Gasteiger partial charge in [0.25, 0.3) is 0 Å². The number of hydrazine groups is 1. The van der Waals surface area contributed by atoms with Crippen LogP contribution in [0, 0.1) is 5.21 Å². The number of unbranched alkanes of at least 4 members (excludes halogenated alkanes) is 2. The highest BCUT2D eigenvalue weighted by atomic mass is 16.5. The third-order valence-corrected chi connectivity index (χ3v) is 0.938. The average molecular weight is 119 g/mol. The molecule has 0 aliphatic heterocycles. The summed E-state index contributed by atoms with van der Waals surface area (Å²) in [4.78, 5) is 0. The van der Waals surface area contributed by atoms with E-state index in [0.717, 1.165) is 24.7 Å². The Kier molecular flexibility index (Phi) is 5.17. The summed E-state index contributed by atoms with van der Waals surface area (Å²) in [6.07, 6.45) is 3.11. The van der Waals surface area contributed by atoms with Gasteiger partial charge in [0.1, 0.15) is 1.41 Å². The molecule has 0 aliphatic rings. The maximum Gasteiger partial charge on any atom is 0.140 e. The molecule has 0 saturated heterocycles. The SMILES string of the molecule is [3H]N(CCCCC)N[O-]. The Hall–Kier alpha value is -0.120. The zero-order valence-electron chi connectivity index (χ0n) is 6.18. The van der Waals surface area contributed by atoms with Crippen molar-refractivity contribution in [3.63, 3.8) is 0 Å². The first kappa shape index (κ1) is 6.01. The summed E-state index contributed by atoms with van der Waals surface area (Å²) in [5.74, 6) is 0. The molecule has 0 unspecified atom stereocenters. The van der Waals surface area contributed by atoms with Crippen LogP contribution in [0.1, 0.15) is 26.2 Å². The number of rotatable bonds is 5. The number of hydrogen-bond acceptors (Lipinski definition) is 3. The molecule has 0 atom stereocenters. The van der Waals surface area contributed by atoms with Crippen LogP contribution in [0.2, 0.25) is 1.41 Å². The predicted octanol–water partition coefficient (Wildman–Crippen LogP) is 0.769. The quantitative estimate of drug-likeness (QED) is 0.415. The molecule has 0 amide bonds. The van der Waals surface area contributed by atoms with Gasteiger partial charge in [0, 0.05) is 6.54 Å². The van der Waals surface area contributed by atoms with Crippen LogP contribution in [0.15, 0.2) is 0 Å². The fraction of sp³-hybridized carbons (Fsp3) is 1.00. The molecule has 8 heavy (non-hydrogen) atoms. The van der Waals surface area contributed by atoms with Gasteiger partial charge in [-0.15, -0.1) is 0 Å². The fourth-order valence-electron chi connectivity index (χ4n) is 0.487. The topological polar surface area (TPSA) is 47.1 Å². The maximum atomic E-state index is 9.71. The third kappa shape index (κ3) is 5.88. The second-order valence-corrected chi connectivity index (χ2v) is 1.68. The van der Waals surface area contributed by atoms with Gasteiger partial charge in [0.15, 0.2) is 0 Å². The first-order valence-electron chi connectivity index (χ1n) is 3.40. The van der Waals surface area contributed by atoms with Crippen molar-refractivity contribution < 1.29 is 1.41 Å². The molecule has 0 aromatic carbocycles. The Bertz CT molecular complexity index is 62.9. The summed E-state index contributed by atoms with van der Waals surface area (Å²) in [5.41, 5.74) is 2.28. The maximum absolute atomic E-state index is 9.71. The summed E-state index contributed by atoms with van der Waals surface area (Å²) in [6.45, 7) is 2.59. The molecule has 0 spiro atoms. The summed E-state index contributed by atoms with van der Waals surface area (Å²) >= 11 is 0. The number of nitrogens with one attached hydrogen (secondary N) is 2. The zero-order valence-corrected chi connectivity index (χ0v) is 5.18. The van der Waals surface area contributed by atoms with Crippen molar-refractivity contribution in [2.75, 3.05) is 6.54 Å². The molecule has 0 radical (unpaired) electrons. The monoisotopic (exact) mass is 119 g/mol. The van der Waals surface area contributed by atoms with E-state index < -0.39 is 0 Å². The van der Waals surface area contributed by atoms with Crippen LogP contribution < -0.4 is 11.0 Å².